The molecule has 1 unspecified atom stereocenters. The lowest BCUT2D eigenvalue weighted by Gasteiger charge is -2.32. The van der Waals surface area contributed by atoms with Gasteiger partial charge in [-0.05, 0) is 40.9 Å². The molecule has 18 heavy (non-hydrogen) atoms. The number of Topliss-reactive ketones (excluding diaryl/α,β-unsaturated/α-hetero) is 1. The van der Waals surface area contributed by atoms with Crippen LogP contribution in [-0.2, 0) is 9.59 Å². The number of anilines is 1. The molecule has 1 aliphatic rings. The van der Waals surface area contributed by atoms with Crippen molar-refractivity contribution in [3.8, 4) is 0 Å². The predicted octanol–water partition coefficient (Wildman–Crippen LogP) is 3.17. The van der Waals surface area contributed by atoms with Gasteiger partial charge in [-0.15, -0.1) is 0 Å². The number of piperidine rings is 1. The second-order valence-corrected chi connectivity index (χ2v) is 5.31. The Hall–Kier alpha value is -1.16. The highest BCUT2D eigenvalue weighted by Crippen LogP contribution is 2.31. The van der Waals surface area contributed by atoms with E-state index in [2.05, 4.69) is 15.9 Å². The second-order valence-electron chi connectivity index (χ2n) is 4.46. The lowest BCUT2D eigenvalue weighted by atomic mass is 9.91. The third-order valence-corrected chi connectivity index (χ3v) is 3.99. The van der Waals surface area contributed by atoms with Gasteiger partial charge in [0.15, 0.2) is 0 Å². The highest BCUT2D eigenvalue weighted by Gasteiger charge is 2.34. The summed E-state index contributed by atoms with van der Waals surface area (Å²) >= 11 is 3.45. The predicted molar refractivity (Wildman–Crippen MR) is 74.5 cm³/mol. The molecule has 1 heterocycles. The Morgan fingerprint density at radius 1 is 1.44 bits per heavy atom. The molecule has 4 heteroatoms. The van der Waals surface area contributed by atoms with Crippen molar-refractivity contribution in [3.05, 3.63) is 28.7 Å². The van der Waals surface area contributed by atoms with Crippen molar-refractivity contribution in [1.82, 2.24) is 0 Å². The topological polar surface area (TPSA) is 37.4 Å². The van der Waals surface area contributed by atoms with Crippen molar-refractivity contribution in [1.29, 1.82) is 0 Å². The molecule has 0 aromatic heterocycles. The van der Waals surface area contributed by atoms with Crippen LogP contribution in [0.15, 0.2) is 28.7 Å². The van der Waals surface area contributed by atoms with Gasteiger partial charge in [0, 0.05) is 17.4 Å². The van der Waals surface area contributed by atoms with Gasteiger partial charge in [0.1, 0.15) is 5.78 Å². The Morgan fingerprint density at radius 2 is 2.17 bits per heavy atom. The first-order valence-corrected chi connectivity index (χ1v) is 7.03. The van der Waals surface area contributed by atoms with E-state index in [0.29, 0.717) is 19.4 Å². The summed E-state index contributed by atoms with van der Waals surface area (Å²) in [6, 6.07) is 7.63. The van der Waals surface area contributed by atoms with Crippen LogP contribution in [0.4, 0.5) is 5.69 Å². The molecule has 1 aliphatic heterocycles. The van der Waals surface area contributed by atoms with Gasteiger partial charge in [0.2, 0.25) is 5.91 Å². The zero-order chi connectivity index (χ0) is 13.1. The number of nitrogens with zero attached hydrogens (tertiary/aromatic N) is 1. The van der Waals surface area contributed by atoms with Crippen molar-refractivity contribution < 1.29 is 9.59 Å². The van der Waals surface area contributed by atoms with Crippen LogP contribution in [0.25, 0.3) is 0 Å². The largest absolute Gasteiger partial charge is 0.311 e. The quantitative estimate of drug-likeness (QED) is 0.804. The van der Waals surface area contributed by atoms with Crippen molar-refractivity contribution >= 4 is 33.3 Å². The molecule has 1 aromatic carbocycles. The Labute approximate surface area is 115 Å². The fraction of sp³-hybridized carbons (Fsp3) is 0.429. The molecule has 3 nitrogen and oxygen atoms in total. The van der Waals surface area contributed by atoms with E-state index in [1.54, 1.807) is 4.90 Å². The highest BCUT2D eigenvalue weighted by atomic mass is 79.9. The number of hydrogen-bond acceptors (Lipinski definition) is 2. The minimum atomic E-state index is -0.448. The summed E-state index contributed by atoms with van der Waals surface area (Å²) in [7, 11) is 0. The van der Waals surface area contributed by atoms with Crippen LogP contribution < -0.4 is 4.90 Å². The first-order chi connectivity index (χ1) is 8.65. The smallest absolute Gasteiger partial charge is 0.237 e. The molecule has 1 saturated heterocycles. The van der Waals surface area contributed by atoms with Crippen LogP contribution in [0.5, 0.6) is 0 Å². The third-order valence-electron chi connectivity index (χ3n) is 3.32. The highest BCUT2D eigenvalue weighted by molar-refractivity contribution is 9.10. The van der Waals surface area contributed by atoms with Crippen LogP contribution in [0.2, 0.25) is 0 Å². The van der Waals surface area contributed by atoms with E-state index in [1.165, 1.54) is 0 Å². The average molecular weight is 310 g/mol. The standard InChI is InChI=1S/C14H16BrNO2/c1-2-13(17)10-6-5-9-16(14(10)18)12-8-4-3-7-11(12)15/h3-4,7-8,10H,2,5-6,9H2,1H3. The zero-order valence-corrected chi connectivity index (χ0v) is 11.9. The van der Waals surface area contributed by atoms with Crippen LogP contribution in [0.1, 0.15) is 26.2 Å². The summed E-state index contributed by atoms with van der Waals surface area (Å²) in [5, 5.41) is 0. The number of ketones is 1. The molecule has 1 fully saturated rings. The Bertz CT molecular complexity index is 473. The lowest BCUT2D eigenvalue weighted by Crippen LogP contribution is -2.44. The fourth-order valence-corrected chi connectivity index (χ4v) is 2.83. The van der Waals surface area contributed by atoms with Gasteiger partial charge in [-0.3, -0.25) is 9.59 Å². The van der Waals surface area contributed by atoms with Crippen LogP contribution >= 0.6 is 15.9 Å². The number of benzene rings is 1. The first kappa shape index (κ1) is 13.3. The average Bonchev–Trinajstić information content (AvgIpc) is 2.39. The van der Waals surface area contributed by atoms with E-state index < -0.39 is 5.92 Å². The number of carbonyl (C=O) groups excluding carboxylic acids is 2. The molecule has 0 saturated carbocycles. The molecule has 0 spiro atoms. The molecular formula is C14H16BrNO2. The SMILES string of the molecule is CCC(=O)C1CCCN(c2ccccc2Br)C1=O. The van der Waals surface area contributed by atoms with Crippen molar-refractivity contribution in [2.45, 2.75) is 26.2 Å². The Morgan fingerprint density at radius 3 is 2.83 bits per heavy atom. The number of carbonyl (C=O) groups is 2. The summed E-state index contributed by atoms with van der Waals surface area (Å²) in [5.41, 5.74) is 0.858. The maximum Gasteiger partial charge on any atom is 0.237 e. The number of hydrogen-bond donors (Lipinski definition) is 0. The summed E-state index contributed by atoms with van der Waals surface area (Å²) in [6.07, 6.45) is 2.00. The number of halogens is 1. The van der Waals surface area contributed by atoms with Gasteiger partial charge in [0.05, 0.1) is 11.6 Å². The van der Waals surface area contributed by atoms with Crippen molar-refractivity contribution in [2.75, 3.05) is 11.4 Å². The van der Waals surface area contributed by atoms with Gasteiger partial charge in [-0.25, -0.2) is 0 Å². The molecule has 1 atom stereocenters. The monoisotopic (exact) mass is 309 g/mol. The Balaban J connectivity index is 2.27. The maximum atomic E-state index is 12.4. The minimum absolute atomic E-state index is 0.0525. The molecule has 0 radical (unpaired) electrons. The molecule has 0 aliphatic carbocycles. The fourth-order valence-electron chi connectivity index (χ4n) is 2.33. The van der Waals surface area contributed by atoms with E-state index in [-0.39, 0.29) is 11.7 Å². The summed E-state index contributed by atoms with van der Waals surface area (Å²) in [6.45, 7) is 2.50. The van der Waals surface area contributed by atoms with Gasteiger partial charge >= 0.3 is 0 Å². The van der Waals surface area contributed by atoms with E-state index in [1.807, 2.05) is 31.2 Å². The van der Waals surface area contributed by atoms with E-state index >= 15 is 0 Å². The normalized spacial score (nSPS) is 20.0. The molecule has 0 bridgehead atoms. The van der Waals surface area contributed by atoms with Crippen LogP contribution in [0, 0.1) is 5.92 Å². The Kier molecular flexibility index (Phi) is 4.17. The van der Waals surface area contributed by atoms with Crippen molar-refractivity contribution in [3.63, 3.8) is 0 Å². The summed E-state index contributed by atoms with van der Waals surface area (Å²) in [5.74, 6) is -0.451. The molecular weight excluding hydrogens is 294 g/mol. The maximum absolute atomic E-state index is 12.4. The first-order valence-electron chi connectivity index (χ1n) is 6.23. The third kappa shape index (κ3) is 2.48. The summed E-state index contributed by atoms with van der Waals surface area (Å²) < 4.78 is 0.892. The van der Waals surface area contributed by atoms with Gasteiger partial charge in [0.25, 0.3) is 0 Å². The molecule has 2 rings (SSSR count). The zero-order valence-electron chi connectivity index (χ0n) is 10.4. The van der Waals surface area contributed by atoms with Crippen LogP contribution in [-0.4, -0.2) is 18.2 Å². The minimum Gasteiger partial charge on any atom is -0.311 e. The van der Waals surface area contributed by atoms with Crippen LogP contribution in [0.3, 0.4) is 0 Å². The number of rotatable bonds is 3. The molecule has 1 amide bonds. The molecule has 1 aromatic rings. The van der Waals surface area contributed by atoms with Gasteiger partial charge in [-0.1, -0.05) is 19.1 Å². The van der Waals surface area contributed by atoms with Gasteiger partial charge in [-0.2, -0.15) is 0 Å². The van der Waals surface area contributed by atoms with Crippen molar-refractivity contribution in [2.24, 2.45) is 5.92 Å². The number of para-hydroxylation sites is 1. The number of amides is 1. The van der Waals surface area contributed by atoms with E-state index in [9.17, 15) is 9.59 Å². The lowest BCUT2D eigenvalue weighted by molar-refractivity contribution is -0.133. The molecule has 0 N–H and O–H groups in total. The van der Waals surface area contributed by atoms with E-state index in [0.717, 1.165) is 16.6 Å². The molecule has 96 valence electrons. The van der Waals surface area contributed by atoms with Gasteiger partial charge < -0.3 is 4.90 Å². The summed E-state index contributed by atoms with van der Waals surface area (Å²) in [4.78, 5) is 25.9. The van der Waals surface area contributed by atoms with E-state index in [4.69, 9.17) is 0 Å². The second kappa shape index (κ2) is 5.65.